The van der Waals surface area contributed by atoms with E-state index in [1.807, 2.05) is 6.07 Å². The van der Waals surface area contributed by atoms with Crippen molar-refractivity contribution < 1.29 is 9.84 Å². The average molecular weight is 419 g/mol. The van der Waals surface area contributed by atoms with E-state index in [9.17, 15) is 5.11 Å². The predicted octanol–water partition coefficient (Wildman–Crippen LogP) is 4.12. The molecule has 1 aliphatic heterocycles. The Bertz CT molecular complexity index is 696. The van der Waals surface area contributed by atoms with E-state index in [0.29, 0.717) is 13.2 Å². The van der Waals surface area contributed by atoms with E-state index in [1.165, 1.54) is 49.8 Å². The summed E-state index contributed by atoms with van der Waals surface area (Å²) in [5.41, 5.74) is 2.60. The maximum Gasteiger partial charge on any atom is 0.0900 e. The van der Waals surface area contributed by atoms with Gasteiger partial charge in [-0.25, -0.2) is 0 Å². The molecule has 0 radical (unpaired) electrons. The molecule has 5 aliphatic rings. The molecule has 1 aromatic carbocycles. The number of piperazine rings is 1. The first-order valence-electron chi connectivity index (χ1n) is 11.5. The zero-order chi connectivity index (χ0) is 20.0. The molecular weight excluding hydrogens is 384 g/mol. The first-order valence-corrected chi connectivity index (χ1v) is 11.9. The third-order valence-electron chi connectivity index (χ3n) is 7.92. The quantitative estimate of drug-likeness (QED) is 0.753. The number of β-amino-alcohol motifs (C(OH)–C–C–N with tert-alkyl or cyclic N) is 1. The lowest BCUT2D eigenvalue weighted by atomic mass is 9.54. The van der Waals surface area contributed by atoms with Crippen molar-refractivity contribution in [3.05, 3.63) is 28.8 Å². The van der Waals surface area contributed by atoms with Gasteiger partial charge in [-0.15, -0.1) is 0 Å². The normalized spacial score (nSPS) is 35.3. The molecule has 6 rings (SSSR count). The molecule has 0 aromatic heterocycles. The van der Waals surface area contributed by atoms with Gasteiger partial charge in [0.15, 0.2) is 0 Å². The van der Waals surface area contributed by atoms with Crippen molar-refractivity contribution >= 4 is 17.3 Å². The topological polar surface area (TPSA) is 35.9 Å². The van der Waals surface area contributed by atoms with Gasteiger partial charge in [0.05, 0.1) is 18.3 Å². The highest BCUT2D eigenvalue weighted by molar-refractivity contribution is 6.30. The van der Waals surface area contributed by atoms with Crippen LogP contribution in [-0.2, 0) is 4.74 Å². The Kier molecular flexibility index (Phi) is 5.57. The van der Waals surface area contributed by atoms with Crippen LogP contribution in [0, 0.1) is 24.7 Å². The second-order valence-corrected chi connectivity index (χ2v) is 10.7. The number of hydrogen-bond acceptors (Lipinski definition) is 4. The van der Waals surface area contributed by atoms with Crippen molar-refractivity contribution in [1.82, 2.24) is 4.90 Å². The van der Waals surface area contributed by atoms with Crippen molar-refractivity contribution in [3.8, 4) is 0 Å². The highest BCUT2D eigenvalue weighted by Gasteiger charge is 2.51. The van der Waals surface area contributed by atoms with Crippen LogP contribution >= 0.6 is 11.6 Å². The molecule has 1 unspecified atom stereocenters. The molecule has 4 nitrogen and oxygen atoms in total. The summed E-state index contributed by atoms with van der Waals surface area (Å²) in [7, 11) is 0. The second-order valence-electron chi connectivity index (χ2n) is 10.3. The number of aliphatic hydroxyl groups is 1. The van der Waals surface area contributed by atoms with Crippen LogP contribution in [-0.4, -0.2) is 61.0 Å². The number of ether oxygens (including phenoxy) is 1. The zero-order valence-corrected chi connectivity index (χ0v) is 18.4. The summed E-state index contributed by atoms with van der Waals surface area (Å²) in [6, 6.07) is 6.12. The van der Waals surface area contributed by atoms with E-state index in [-0.39, 0.29) is 11.7 Å². The number of aryl methyl sites for hydroxylation is 1. The number of nitrogens with zero attached hydrogens (tertiary/aromatic N) is 2. The monoisotopic (exact) mass is 418 g/mol. The smallest absolute Gasteiger partial charge is 0.0900 e. The van der Waals surface area contributed by atoms with E-state index in [0.717, 1.165) is 49.0 Å². The number of benzene rings is 1. The Labute approximate surface area is 180 Å². The van der Waals surface area contributed by atoms with Gasteiger partial charge in [0.1, 0.15) is 0 Å². The fourth-order valence-electron chi connectivity index (χ4n) is 6.93. The number of anilines is 1. The third kappa shape index (κ3) is 4.32. The minimum atomic E-state index is -0.387. The fourth-order valence-corrected chi connectivity index (χ4v) is 7.09. The lowest BCUT2D eigenvalue weighted by Gasteiger charge is -2.56. The molecule has 1 heterocycles. The van der Waals surface area contributed by atoms with Crippen LogP contribution in [0.1, 0.15) is 44.1 Å². The first kappa shape index (κ1) is 20.1. The Morgan fingerprint density at radius 3 is 2.31 bits per heavy atom. The number of aliphatic hydroxyl groups excluding tert-OH is 1. The van der Waals surface area contributed by atoms with Crippen LogP contribution in [0.4, 0.5) is 5.69 Å². The van der Waals surface area contributed by atoms with E-state index in [1.54, 1.807) is 0 Å². The van der Waals surface area contributed by atoms with Crippen LogP contribution in [0.3, 0.4) is 0 Å². The molecule has 29 heavy (non-hydrogen) atoms. The maximum atomic E-state index is 10.7. The van der Waals surface area contributed by atoms with Crippen molar-refractivity contribution in [3.63, 3.8) is 0 Å². The summed E-state index contributed by atoms with van der Waals surface area (Å²) >= 11 is 6.20. The molecular formula is C24H35ClN2O2. The standard InChI is InChI=1S/C24H35ClN2O2/c1-17-2-3-21(25)11-23(17)27-6-4-26(5-7-27)15-22(28)16-29-24-12-18-8-19(13-24)10-20(9-18)14-24/h2-3,11,18-20,22,28H,4-10,12-16H2,1H3. The zero-order valence-electron chi connectivity index (χ0n) is 17.7. The molecule has 5 fully saturated rings. The van der Waals surface area contributed by atoms with Crippen LogP contribution in [0.25, 0.3) is 0 Å². The summed E-state index contributed by atoms with van der Waals surface area (Å²) in [6.07, 6.45) is 7.63. The number of hydrogen-bond donors (Lipinski definition) is 1. The lowest BCUT2D eigenvalue weighted by Crippen LogP contribution is -2.53. The van der Waals surface area contributed by atoms with Gasteiger partial charge in [0, 0.05) is 43.4 Å². The Morgan fingerprint density at radius 2 is 1.69 bits per heavy atom. The summed E-state index contributed by atoms with van der Waals surface area (Å²) in [5.74, 6) is 2.67. The van der Waals surface area contributed by atoms with Crippen LogP contribution in [0.2, 0.25) is 5.02 Å². The largest absolute Gasteiger partial charge is 0.389 e. The minimum Gasteiger partial charge on any atom is -0.389 e. The fraction of sp³-hybridized carbons (Fsp3) is 0.750. The average Bonchev–Trinajstić information content (AvgIpc) is 2.68. The molecule has 1 saturated heterocycles. The molecule has 0 amide bonds. The van der Waals surface area contributed by atoms with Crippen molar-refractivity contribution in [2.24, 2.45) is 17.8 Å². The molecule has 1 atom stereocenters. The van der Waals surface area contributed by atoms with Gasteiger partial charge in [-0.05, 0) is 80.9 Å². The number of rotatable bonds is 6. The molecule has 4 saturated carbocycles. The molecule has 1 aromatic rings. The molecule has 4 aliphatic carbocycles. The van der Waals surface area contributed by atoms with Gasteiger partial charge in [-0.3, -0.25) is 4.90 Å². The highest BCUT2D eigenvalue weighted by atomic mass is 35.5. The van der Waals surface area contributed by atoms with Crippen molar-refractivity contribution in [2.75, 3.05) is 44.2 Å². The molecule has 5 heteroatoms. The predicted molar refractivity (Wildman–Crippen MR) is 118 cm³/mol. The Balaban J connectivity index is 1.09. The van der Waals surface area contributed by atoms with E-state index >= 15 is 0 Å². The lowest BCUT2D eigenvalue weighted by molar-refractivity contribution is -0.176. The van der Waals surface area contributed by atoms with Crippen molar-refractivity contribution in [1.29, 1.82) is 0 Å². The first-order chi connectivity index (χ1) is 14.0. The second kappa shape index (κ2) is 8.03. The van der Waals surface area contributed by atoms with Gasteiger partial charge >= 0.3 is 0 Å². The summed E-state index contributed by atoms with van der Waals surface area (Å²) < 4.78 is 6.46. The van der Waals surface area contributed by atoms with Gasteiger partial charge in [-0.1, -0.05) is 17.7 Å². The third-order valence-corrected chi connectivity index (χ3v) is 8.15. The van der Waals surface area contributed by atoms with E-state index < -0.39 is 0 Å². The summed E-state index contributed by atoms with van der Waals surface area (Å²) in [5, 5.41) is 11.5. The summed E-state index contributed by atoms with van der Waals surface area (Å²) in [6.45, 7) is 7.26. The highest BCUT2D eigenvalue weighted by Crippen LogP contribution is 2.57. The van der Waals surface area contributed by atoms with Crippen LogP contribution < -0.4 is 4.90 Å². The van der Waals surface area contributed by atoms with Crippen LogP contribution in [0.15, 0.2) is 18.2 Å². The van der Waals surface area contributed by atoms with Gasteiger partial charge in [0.25, 0.3) is 0 Å². The molecule has 160 valence electrons. The molecule has 4 bridgehead atoms. The van der Waals surface area contributed by atoms with E-state index in [2.05, 4.69) is 28.9 Å². The van der Waals surface area contributed by atoms with Gasteiger partial charge in [-0.2, -0.15) is 0 Å². The van der Waals surface area contributed by atoms with E-state index in [4.69, 9.17) is 16.3 Å². The van der Waals surface area contributed by atoms with Gasteiger partial charge < -0.3 is 14.7 Å². The summed E-state index contributed by atoms with van der Waals surface area (Å²) in [4.78, 5) is 4.79. The SMILES string of the molecule is Cc1ccc(Cl)cc1N1CCN(CC(O)COC23CC4CC(CC(C4)C2)C3)CC1. The molecule has 0 spiro atoms. The van der Waals surface area contributed by atoms with Crippen LogP contribution in [0.5, 0.6) is 0 Å². The Morgan fingerprint density at radius 1 is 1.07 bits per heavy atom. The van der Waals surface area contributed by atoms with Gasteiger partial charge in [0.2, 0.25) is 0 Å². The minimum absolute atomic E-state index is 0.0958. The Hall–Kier alpha value is -0.810. The number of halogens is 1. The van der Waals surface area contributed by atoms with Crippen molar-refractivity contribution in [2.45, 2.75) is 57.2 Å². The maximum absolute atomic E-state index is 10.7. The molecule has 1 N–H and O–H groups in total.